The van der Waals surface area contributed by atoms with Crippen molar-refractivity contribution < 1.29 is 19.0 Å². The van der Waals surface area contributed by atoms with Crippen molar-refractivity contribution in [2.24, 2.45) is 0 Å². The maximum Gasteiger partial charge on any atom is 0.337 e. The van der Waals surface area contributed by atoms with Gasteiger partial charge in [-0.1, -0.05) is 0 Å². The molecule has 0 saturated carbocycles. The van der Waals surface area contributed by atoms with Gasteiger partial charge in [0.05, 0.1) is 12.7 Å². The Morgan fingerprint density at radius 1 is 1.33 bits per heavy atom. The number of aromatic carboxylic acids is 1. The highest BCUT2D eigenvalue weighted by molar-refractivity contribution is 5.88. The van der Waals surface area contributed by atoms with Crippen molar-refractivity contribution in [1.29, 1.82) is 0 Å². The van der Waals surface area contributed by atoms with E-state index in [2.05, 4.69) is 4.98 Å². The number of methoxy groups -OCH3 is 1. The van der Waals surface area contributed by atoms with Gasteiger partial charge in [-0.15, -0.1) is 0 Å². The fourth-order valence-electron chi connectivity index (χ4n) is 1.56. The minimum atomic E-state index is -1.10. The summed E-state index contributed by atoms with van der Waals surface area (Å²) in [6, 6.07) is 5.74. The maximum atomic E-state index is 13.8. The molecule has 0 fully saturated rings. The molecular weight excluding hydrogens is 237 g/mol. The molecule has 0 radical (unpaired) electrons. The number of ether oxygens (including phenoxy) is 1. The summed E-state index contributed by atoms with van der Waals surface area (Å²) in [5, 5.41) is 8.85. The number of hydrogen-bond acceptors (Lipinski definition) is 3. The Labute approximate surface area is 103 Å². The number of rotatable bonds is 3. The third kappa shape index (κ3) is 2.29. The maximum absolute atomic E-state index is 13.8. The van der Waals surface area contributed by atoms with Crippen LogP contribution in [0.1, 0.15) is 10.4 Å². The summed E-state index contributed by atoms with van der Waals surface area (Å²) in [6.45, 7) is 0. The van der Waals surface area contributed by atoms with Crippen molar-refractivity contribution >= 4 is 5.97 Å². The van der Waals surface area contributed by atoms with Crippen molar-refractivity contribution in [2.75, 3.05) is 7.11 Å². The molecule has 1 heterocycles. The molecule has 4 nitrogen and oxygen atoms in total. The molecule has 0 saturated heterocycles. The van der Waals surface area contributed by atoms with Gasteiger partial charge in [-0.3, -0.25) is 4.98 Å². The molecule has 18 heavy (non-hydrogen) atoms. The predicted molar refractivity (Wildman–Crippen MR) is 63.1 cm³/mol. The zero-order chi connectivity index (χ0) is 13.1. The van der Waals surface area contributed by atoms with Gasteiger partial charge in [0.25, 0.3) is 0 Å². The first-order valence-electron chi connectivity index (χ1n) is 5.14. The molecule has 0 aliphatic rings. The highest BCUT2D eigenvalue weighted by atomic mass is 19.1. The van der Waals surface area contributed by atoms with Crippen LogP contribution >= 0.6 is 0 Å². The third-order valence-corrected chi connectivity index (χ3v) is 2.47. The van der Waals surface area contributed by atoms with Crippen LogP contribution in [-0.2, 0) is 0 Å². The van der Waals surface area contributed by atoms with Crippen LogP contribution in [-0.4, -0.2) is 23.2 Å². The van der Waals surface area contributed by atoms with E-state index in [-0.39, 0.29) is 11.1 Å². The molecule has 0 amide bonds. The molecule has 5 heteroatoms. The average molecular weight is 247 g/mol. The second kappa shape index (κ2) is 4.83. The Morgan fingerprint density at radius 2 is 2.11 bits per heavy atom. The number of carboxylic acids is 1. The molecule has 2 rings (SSSR count). The van der Waals surface area contributed by atoms with Gasteiger partial charge in [0, 0.05) is 29.6 Å². The smallest absolute Gasteiger partial charge is 0.337 e. The van der Waals surface area contributed by atoms with Crippen LogP contribution in [0.4, 0.5) is 4.39 Å². The number of pyridine rings is 1. The zero-order valence-corrected chi connectivity index (χ0v) is 9.55. The number of halogens is 1. The second-order valence-corrected chi connectivity index (χ2v) is 3.61. The Morgan fingerprint density at radius 3 is 2.72 bits per heavy atom. The largest absolute Gasteiger partial charge is 0.497 e. The van der Waals surface area contributed by atoms with E-state index in [4.69, 9.17) is 9.84 Å². The molecule has 1 N–H and O–H groups in total. The quantitative estimate of drug-likeness (QED) is 0.905. The lowest BCUT2D eigenvalue weighted by Crippen LogP contribution is -1.98. The van der Waals surface area contributed by atoms with Gasteiger partial charge in [-0.25, -0.2) is 9.18 Å². The first-order chi connectivity index (χ1) is 8.61. The molecule has 92 valence electrons. The van der Waals surface area contributed by atoms with Gasteiger partial charge in [-0.2, -0.15) is 0 Å². The Hall–Kier alpha value is -2.43. The Bertz CT molecular complexity index is 599. The summed E-state index contributed by atoms with van der Waals surface area (Å²) in [4.78, 5) is 14.6. The number of nitrogens with zero attached hydrogens (tertiary/aromatic N) is 1. The van der Waals surface area contributed by atoms with E-state index >= 15 is 0 Å². The second-order valence-electron chi connectivity index (χ2n) is 3.61. The van der Waals surface area contributed by atoms with E-state index in [0.717, 1.165) is 0 Å². The van der Waals surface area contributed by atoms with Crippen LogP contribution in [0.3, 0.4) is 0 Å². The van der Waals surface area contributed by atoms with Crippen LogP contribution < -0.4 is 4.74 Å². The molecular formula is C13H10FNO3. The van der Waals surface area contributed by atoms with Gasteiger partial charge >= 0.3 is 5.97 Å². The minimum absolute atomic E-state index is 0.0164. The van der Waals surface area contributed by atoms with E-state index < -0.39 is 11.8 Å². The van der Waals surface area contributed by atoms with Gasteiger partial charge in [0.15, 0.2) is 0 Å². The van der Waals surface area contributed by atoms with Crippen molar-refractivity contribution in [3.05, 3.63) is 48.0 Å². The van der Waals surface area contributed by atoms with E-state index in [1.165, 1.54) is 37.7 Å². The monoisotopic (exact) mass is 247 g/mol. The van der Waals surface area contributed by atoms with E-state index in [1.807, 2.05) is 0 Å². The Balaban J connectivity index is 2.48. The van der Waals surface area contributed by atoms with Crippen LogP contribution in [0.5, 0.6) is 5.75 Å². The fourth-order valence-corrected chi connectivity index (χ4v) is 1.56. The first kappa shape index (κ1) is 12.0. The molecule has 0 atom stereocenters. The summed E-state index contributed by atoms with van der Waals surface area (Å²) in [5.41, 5.74) is 0.712. The van der Waals surface area contributed by atoms with Crippen LogP contribution in [0.25, 0.3) is 11.1 Å². The summed E-state index contributed by atoms with van der Waals surface area (Å²) < 4.78 is 18.7. The van der Waals surface area contributed by atoms with Crippen LogP contribution in [0, 0.1) is 5.82 Å². The van der Waals surface area contributed by atoms with E-state index in [0.29, 0.717) is 11.3 Å². The highest BCUT2D eigenvalue weighted by Gasteiger charge is 2.10. The Kier molecular flexibility index (Phi) is 3.23. The minimum Gasteiger partial charge on any atom is -0.497 e. The predicted octanol–water partition coefficient (Wildman–Crippen LogP) is 2.59. The number of aromatic nitrogens is 1. The molecule has 1 aromatic heterocycles. The van der Waals surface area contributed by atoms with Gasteiger partial charge in [0.1, 0.15) is 11.6 Å². The standard InChI is InChI=1S/C13H10FNO3/c1-18-10-2-3-11(12(14)5-10)8-4-9(13(16)17)7-15-6-8/h2-7H,1H3,(H,16,17). The molecule has 2 aromatic rings. The normalized spacial score (nSPS) is 10.1. The molecule has 1 aromatic carbocycles. The van der Waals surface area contributed by atoms with E-state index in [9.17, 15) is 9.18 Å². The van der Waals surface area contributed by atoms with Gasteiger partial charge in [0.2, 0.25) is 0 Å². The summed E-state index contributed by atoms with van der Waals surface area (Å²) in [5.74, 6) is -1.18. The number of carboxylic acid groups (broad SMARTS) is 1. The summed E-state index contributed by atoms with van der Waals surface area (Å²) in [6.07, 6.45) is 2.63. The number of carbonyl (C=O) groups is 1. The topological polar surface area (TPSA) is 59.4 Å². The summed E-state index contributed by atoms with van der Waals surface area (Å²) >= 11 is 0. The molecule has 0 aliphatic heterocycles. The highest BCUT2D eigenvalue weighted by Crippen LogP contribution is 2.26. The lowest BCUT2D eigenvalue weighted by atomic mass is 10.1. The number of benzene rings is 1. The van der Waals surface area contributed by atoms with Crippen molar-refractivity contribution in [3.63, 3.8) is 0 Å². The lowest BCUT2D eigenvalue weighted by Gasteiger charge is -2.06. The first-order valence-corrected chi connectivity index (χ1v) is 5.14. The van der Waals surface area contributed by atoms with Crippen LogP contribution in [0.2, 0.25) is 0 Å². The molecule has 0 bridgehead atoms. The van der Waals surface area contributed by atoms with E-state index in [1.54, 1.807) is 6.07 Å². The fraction of sp³-hybridized carbons (Fsp3) is 0.0769. The van der Waals surface area contributed by atoms with Crippen molar-refractivity contribution in [1.82, 2.24) is 4.98 Å². The average Bonchev–Trinajstić information content (AvgIpc) is 2.38. The molecule has 0 unspecified atom stereocenters. The number of hydrogen-bond donors (Lipinski definition) is 1. The van der Waals surface area contributed by atoms with Crippen molar-refractivity contribution in [2.45, 2.75) is 0 Å². The van der Waals surface area contributed by atoms with Gasteiger partial charge < -0.3 is 9.84 Å². The van der Waals surface area contributed by atoms with Crippen LogP contribution in [0.15, 0.2) is 36.7 Å². The third-order valence-electron chi connectivity index (χ3n) is 2.47. The van der Waals surface area contributed by atoms with Gasteiger partial charge in [-0.05, 0) is 18.2 Å². The zero-order valence-electron chi connectivity index (χ0n) is 9.55. The molecule has 0 spiro atoms. The van der Waals surface area contributed by atoms with Crippen molar-refractivity contribution in [3.8, 4) is 16.9 Å². The SMILES string of the molecule is COc1ccc(-c2cncc(C(=O)O)c2)c(F)c1. The summed E-state index contributed by atoms with van der Waals surface area (Å²) in [7, 11) is 1.45. The lowest BCUT2D eigenvalue weighted by molar-refractivity contribution is 0.0696. The molecule has 0 aliphatic carbocycles.